The SMILES string of the molecule is CN1C[C@H](Nc2nc3ccccn3c(=O)c2Br)C[C@H](c2ccc(OCCN3CCN(C(=O)OC(C)(C)C)CC3)cc2)C1. The lowest BCUT2D eigenvalue weighted by Gasteiger charge is -2.36. The maximum absolute atomic E-state index is 12.8. The van der Waals surface area contributed by atoms with E-state index in [0.717, 1.165) is 44.9 Å². The van der Waals surface area contributed by atoms with Crippen LogP contribution in [-0.2, 0) is 4.74 Å². The number of hydrogen-bond donors (Lipinski definition) is 1. The fourth-order valence-corrected chi connectivity index (χ4v) is 6.03. The third-order valence-corrected chi connectivity index (χ3v) is 8.42. The Bertz CT molecular complexity index is 1430. The van der Waals surface area contributed by atoms with Crippen molar-refractivity contribution in [2.75, 3.05) is 64.8 Å². The molecule has 226 valence electrons. The summed E-state index contributed by atoms with van der Waals surface area (Å²) in [5, 5.41) is 3.53. The zero-order valence-electron chi connectivity index (χ0n) is 24.9. The predicted molar refractivity (Wildman–Crippen MR) is 168 cm³/mol. The summed E-state index contributed by atoms with van der Waals surface area (Å²) in [5.74, 6) is 1.78. The molecule has 1 amide bonds. The smallest absolute Gasteiger partial charge is 0.410 e. The van der Waals surface area contributed by atoms with Crippen LogP contribution in [0.3, 0.4) is 0 Å². The van der Waals surface area contributed by atoms with Gasteiger partial charge in [0.1, 0.15) is 33.9 Å². The normalized spacial score (nSPS) is 20.5. The van der Waals surface area contributed by atoms with Crippen LogP contribution < -0.4 is 15.6 Å². The second-order valence-electron chi connectivity index (χ2n) is 12.2. The maximum atomic E-state index is 12.8. The lowest BCUT2D eigenvalue weighted by Crippen LogP contribution is -2.50. The number of benzene rings is 1. The molecule has 42 heavy (non-hydrogen) atoms. The van der Waals surface area contributed by atoms with Gasteiger partial charge in [-0.05, 0) is 85.9 Å². The molecule has 0 spiro atoms. The average molecular weight is 642 g/mol. The number of pyridine rings is 1. The van der Waals surface area contributed by atoms with Crippen LogP contribution in [0.4, 0.5) is 10.6 Å². The monoisotopic (exact) mass is 640 g/mol. The van der Waals surface area contributed by atoms with Gasteiger partial charge in [-0.2, -0.15) is 0 Å². The number of carbonyl (C=O) groups is 1. The average Bonchev–Trinajstić information content (AvgIpc) is 2.95. The van der Waals surface area contributed by atoms with Crippen molar-refractivity contribution in [1.29, 1.82) is 0 Å². The summed E-state index contributed by atoms with van der Waals surface area (Å²) in [6, 6.07) is 14.1. The summed E-state index contributed by atoms with van der Waals surface area (Å²) in [6.45, 7) is 11.9. The van der Waals surface area contributed by atoms with Crippen molar-refractivity contribution in [3.63, 3.8) is 0 Å². The number of aromatic nitrogens is 2. The third kappa shape index (κ3) is 7.62. The molecule has 4 heterocycles. The number of hydrogen-bond acceptors (Lipinski definition) is 8. The van der Waals surface area contributed by atoms with Crippen LogP contribution in [-0.4, -0.2) is 101 Å². The minimum Gasteiger partial charge on any atom is -0.492 e. The molecule has 1 aromatic carbocycles. The van der Waals surface area contributed by atoms with Crippen molar-refractivity contribution in [2.24, 2.45) is 0 Å². The third-order valence-electron chi connectivity index (χ3n) is 7.70. The van der Waals surface area contributed by atoms with Gasteiger partial charge in [-0.3, -0.25) is 14.1 Å². The number of piperazine rings is 1. The van der Waals surface area contributed by atoms with Crippen LogP contribution in [0.2, 0.25) is 0 Å². The molecule has 0 radical (unpaired) electrons. The van der Waals surface area contributed by atoms with Gasteiger partial charge in [0.15, 0.2) is 0 Å². The van der Waals surface area contributed by atoms with E-state index in [9.17, 15) is 9.59 Å². The summed E-state index contributed by atoms with van der Waals surface area (Å²) >= 11 is 3.47. The van der Waals surface area contributed by atoms with E-state index < -0.39 is 5.60 Å². The van der Waals surface area contributed by atoms with Crippen molar-refractivity contribution in [3.8, 4) is 5.75 Å². The number of amides is 1. The molecular weight excluding hydrogens is 600 g/mol. The number of carbonyl (C=O) groups excluding carboxylic acids is 1. The summed E-state index contributed by atoms with van der Waals surface area (Å²) in [7, 11) is 2.13. The van der Waals surface area contributed by atoms with E-state index in [1.165, 1.54) is 5.56 Å². The molecule has 2 atom stereocenters. The van der Waals surface area contributed by atoms with Crippen LogP contribution in [0.25, 0.3) is 5.65 Å². The van der Waals surface area contributed by atoms with Crippen LogP contribution in [0.15, 0.2) is 57.9 Å². The molecule has 0 unspecified atom stereocenters. The van der Waals surface area contributed by atoms with Crippen LogP contribution in [0.5, 0.6) is 5.75 Å². The molecule has 2 aromatic heterocycles. The van der Waals surface area contributed by atoms with Gasteiger partial charge in [0.25, 0.3) is 5.56 Å². The van der Waals surface area contributed by atoms with Gasteiger partial charge in [-0.1, -0.05) is 18.2 Å². The summed E-state index contributed by atoms with van der Waals surface area (Å²) in [6.07, 6.45) is 2.42. The number of anilines is 1. The topological polar surface area (TPSA) is 91.7 Å². The molecule has 10 nitrogen and oxygen atoms in total. The first kappa shape index (κ1) is 30.3. The molecule has 0 saturated carbocycles. The van der Waals surface area contributed by atoms with Gasteiger partial charge in [-0.25, -0.2) is 9.78 Å². The second kappa shape index (κ2) is 13.0. The quantitative estimate of drug-likeness (QED) is 0.409. The number of fused-ring (bicyclic) bond motifs is 1. The zero-order valence-corrected chi connectivity index (χ0v) is 26.5. The van der Waals surface area contributed by atoms with Crippen molar-refractivity contribution in [1.82, 2.24) is 24.1 Å². The first-order valence-corrected chi connectivity index (χ1v) is 15.4. The van der Waals surface area contributed by atoms with Gasteiger partial charge < -0.3 is 24.6 Å². The number of ether oxygens (including phenoxy) is 2. The summed E-state index contributed by atoms with van der Waals surface area (Å²) in [5.41, 5.74) is 1.29. The molecule has 3 aromatic rings. The largest absolute Gasteiger partial charge is 0.492 e. The highest BCUT2D eigenvalue weighted by Gasteiger charge is 2.28. The minimum atomic E-state index is -0.474. The van der Waals surface area contributed by atoms with Crippen molar-refractivity contribution in [3.05, 3.63) is 69.1 Å². The van der Waals surface area contributed by atoms with Gasteiger partial charge in [-0.15, -0.1) is 0 Å². The molecule has 0 bridgehead atoms. The Balaban J connectivity index is 1.11. The minimum absolute atomic E-state index is 0.123. The summed E-state index contributed by atoms with van der Waals surface area (Å²) in [4.78, 5) is 36.2. The number of nitrogens with one attached hydrogen (secondary N) is 1. The fourth-order valence-electron chi connectivity index (χ4n) is 5.63. The number of piperidine rings is 1. The van der Waals surface area contributed by atoms with Gasteiger partial charge in [0.05, 0.1) is 0 Å². The van der Waals surface area contributed by atoms with E-state index in [1.54, 1.807) is 15.5 Å². The van der Waals surface area contributed by atoms with Crippen molar-refractivity contribution in [2.45, 2.75) is 44.8 Å². The Hall–Kier alpha value is -3.15. The highest BCUT2D eigenvalue weighted by molar-refractivity contribution is 9.10. The van der Waals surface area contributed by atoms with Crippen molar-refractivity contribution < 1.29 is 14.3 Å². The Morgan fingerprint density at radius 2 is 1.81 bits per heavy atom. The molecule has 5 rings (SSSR count). The number of likely N-dealkylation sites (tertiary alicyclic amines) is 1. The number of rotatable bonds is 7. The Morgan fingerprint density at radius 3 is 2.52 bits per heavy atom. The van der Waals surface area contributed by atoms with Crippen molar-refractivity contribution >= 4 is 33.5 Å². The molecule has 0 aliphatic carbocycles. The first-order valence-electron chi connectivity index (χ1n) is 14.6. The standard InChI is InChI=1S/C31H41BrN6O4/c1-31(2,3)42-30(40)37-15-13-36(14-16-37)17-18-41-25-10-8-22(9-11-25)23-19-24(21-35(4)20-23)33-28-27(32)29(39)38-12-6-5-7-26(38)34-28/h5-12,23-24,33H,13-21H2,1-4H3/t23-,24+/m0/s1. The number of halogens is 1. The second-order valence-corrected chi connectivity index (χ2v) is 13.0. The van der Waals surface area contributed by atoms with E-state index in [0.29, 0.717) is 41.6 Å². The number of likely N-dealkylation sites (N-methyl/N-ethyl adjacent to an activating group) is 1. The Morgan fingerprint density at radius 1 is 1.07 bits per heavy atom. The van der Waals surface area contributed by atoms with Gasteiger partial charge in [0.2, 0.25) is 0 Å². The van der Waals surface area contributed by atoms with Gasteiger partial charge in [0, 0.05) is 58.1 Å². The molecule has 2 fully saturated rings. The lowest BCUT2D eigenvalue weighted by molar-refractivity contribution is 0.0137. The highest BCUT2D eigenvalue weighted by Crippen LogP contribution is 2.30. The molecular formula is C31H41BrN6O4. The van der Waals surface area contributed by atoms with E-state index in [4.69, 9.17) is 14.5 Å². The molecule has 2 aliphatic heterocycles. The zero-order chi connectivity index (χ0) is 29.9. The molecule has 11 heteroatoms. The predicted octanol–water partition coefficient (Wildman–Crippen LogP) is 4.29. The van der Waals surface area contributed by atoms with E-state index in [1.807, 2.05) is 39.0 Å². The maximum Gasteiger partial charge on any atom is 0.410 e. The Kier molecular flexibility index (Phi) is 9.39. The van der Waals surface area contributed by atoms with Gasteiger partial charge >= 0.3 is 6.09 Å². The molecule has 1 N–H and O–H groups in total. The fraction of sp³-hybridized carbons (Fsp3) is 0.516. The van der Waals surface area contributed by atoms with Crippen LogP contribution in [0, 0.1) is 0 Å². The van der Waals surface area contributed by atoms with Crippen LogP contribution >= 0.6 is 15.9 Å². The van der Waals surface area contributed by atoms with E-state index in [-0.39, 0.29) is 17.7 Å². The van der Waals surface area contributed by atoms with E-state index >= 15 is 0 Å². The summed E-state index contributed by atoms with van der Waals surface area (Å²) < 4.78 is 13.5. The Labute approximate surface area is 255 Å². The lowest BCUT2D eigenvalue weighted by atomic mass is 9.88. The first-order chi connectivity index (χ1) is 20.1. The number of nitrogens with zero attached hydrogens (tertiary/aromatic N) is 5. The van der Waals surface area contributed by atoms with E-state index in [2.05, 4.69) is 62.4 Å². The van der Waals surface area contributed by atoms with Crippen LogP contribution in [0.1, 0.15) is 38.7 Å². The highest BCUT2D eigenvalue weighted by atomic mass is 79.9. The molecule has 2 saturated heterocycles. The molecule has 2 aliphatic rings.